The molecule has 3 nitrogen and oxygen atoms in total. The van der Waals surface area contributed by atoms with Gasteiger partial charge in [0.25, 0.3) is 0 Å². The first-order valence-corrected chi connectivity index (χ1v) is 6.30. The maximum absolute atomic E-state index is 10.9. The molecule has 1 saturated carbocycles. The van der Waals surface area contributed by atoms with Crippen molar-refractivity contribution in [3.8, 4) is 6.07 Å². The van der Waals surface area contributed by atoms with Gasteiger partial charge in [-0.25, -0.2) is 0 Å². The van der Waals surface area contributed by atoms with Crippen molar-refractivity contribution in [2.45, 2.75) is 44.1 Å². The lowest BCUT2D eigenvalue weighted by atomic mass is 9.70. The average Bonchev–Trinajstić information content (AvgIpc) is 2.40. The topological polar surface area (TPSA) is 50.1 Å². The van der Waals surface area contributed by atoms with E-state index in [9.17, 15) is 10.1 Å². The maximum atomic E-state index is 10.9. The van der Waals surface area contributed by atoms with Gasteiger partial charge in [-0.15, -0.1) is 0 Å². The summed E-state index contributed by atoms with van der Waals surface area (Å²) in [6, 6.07) is 12.4. The molecule has 18 heavy (non-hydrogen) atoms. The van der Waals surface area contributed by atoms with Crippen LogP contribution in [0.4, 0.5) is 0 Å². The predicted octanol–water partition coefficient (Wildman–Crippen LogP) is 2.95. The summed E-state index contributed by atoms with van der Waals surface area (Å²) in [7, 11) is 0. The molecule has 0 spiro atoms. The molecular formula is C15H17NO2. The first-order chi connectivity index (χ1) is 8.66. The zero-order chi connectivity index (χ0) is 13.0. The minimum atomic E-state index is -0.405. The van der Waals surface area contributed by atoms with Gasteiger partial charge in [0.05, 0.1) is 11.5 Å². The van der Waals surface area contributed by atoms with Crippen molar-refractivity contribution in [2.24, 2.45) is 0 Å². The third-order valence-corrected chi connectivity index (χ3v) is 3.66. The van der Waals surface area contributed by atoms with E-state index in [1.54, 1.807) is 0 Å². The van der Waals surface area contributed by atoms with Crippen molar-refractivity contribution < 1.29 is 9.53 Å². The molecule has 0 radical (unpaired) electrons. The number of hydrogen-bond donors (Lipinski definition) is 0. The maximum Gasteiger partial charge on any atom is 0.302 e. The third-order valence-electron chi connectivity index (χ3n) is 3.66. The molecule has 1 aromatic rings. The number of rotatable bonds is 2. The molecule has 1 aliphatic rings. The van der Waals surface area contributed by atoms with E-state index < -0.39 is 5.41 Å². The molecule has 3 heteroatoms. The molecule has 0 unspecified atom stereocenters. The predicted molar refractivity (Wildman–Crippen MR) is 67.8 cm³/mol. The number of hydrogen-bond acceptors (Lipinski definition) is 3. The molecule has 1 fully saturated rings. The quantitative estimate of drug-likeness (QED) is 0.750. The molecule has 2 rings (SSSR count). The van der Waals surface area contributed by atoms with Gasteiger partial charge in [0.1, 0.15) is 6.10 Å². The van der Waals surface area contributed by atoms with Crippen LogP contribution in [0.2, 0.25) is 0 Å². The molecule has 0 atom stereocenters. The Kier molecular flexibility index (Phi) is 3.66. The third kappa shape index (κ3) is 2.53. The Morgan fingerprint density at radius 3 is 2.44 bits per heavy atom. The van der Waals surface area contributed by atoms with E-state index >= 15 is 0 Å². The minimum Gasteiger partial charge on any atom is -0.463 e. The summed E-state index contributed by atoms with van der Waals surface area (Å²) in [4.78, 5) is 10.9. The second kappa shape index (κ2) is 5.22. The van der Waals surface area contributed by atoms with Crippen molar-refractivity contribution in [3.05, 3.63) is 35.9 Å². The molecule has 0 N–H and O–H groups in total. The van der Waals surface area contributed by atoms with Crippen LogP contribution in [0.1, 0.15) is 38.2 Å². The fraction of sp³-hybridized carbons (Fsp3) is 0.467. The molecule has 0 bridgehead atoms. The summed E-state index contributed by atoms with van der Waals surface area (Å²) >= 11 is 0. The zero-order valence-electron chi connectivity index (χ0n) is 10.6. The number of benzene rings is 1. The second-order valence-electron chi connectivity index (χ2n) is 4.87. The van der Waals surface area contributed by atoms with Crippen molar-refractivity contribution in [2.75, 3.05) is 0 Å². The number of nitriles is 1. The van der Waals surface area contributed by atoms with E-state index in [4.69, 9.17) is 4.74 Å². The van der Waals surface area contributed by atoms with Crippen molar-refractivity contribution in [1.29, 1.82) is 5.26 Å². The van der Waals surface area contributed by atoms with Gasteiger partial charge in [0.15, 0.2) is 0 Å². The van der Waals surface area contributed by atoms with Gasteiger partial charge in [-0.1, -0.05) is 30.3 Å². The smallest absolute Gasteiger partial charge is 0.302 e. The van der Waals surface area contributed by atoms with Crippen LogP contribution >= 0.6 is 0 Å². The Bertz CT molecular complexity index is 453. The Morgan fingerprint density at radius 2 is 1.94 bits per heavy atom. The SMILES string of the molecule is CC(=O)O[C@H]1CC[C@@](C#N)(c2ccccc2)CC1. The molecule has 1 aliphatic carbocycles. The summed E-state index contributed by atoms with van der Waals surface area (Å²) in [5.74, 6) is -0.232. The highest BCUT2D eigenvalue weighted by Crippen LogP contribution is 2.39. The number of carbonyl (C=O) groups excluding carboxylic acids is 1. The van der Waals surface area contributed by atoms with Crippen LogP contribution in [0.5, 0.6) is 0 Å². The first kappa shape index (κ1) is 12.6. The second-order valence-corrected chi connectivity index (χ2v) is 4.87. The van der Waals surface area contributed by atoms with Gasteiger partial charge >= 0.3 is 5.97 Å². The van der Waals surface area contributed by atoms with E-state index in [0.29, 0.717) is 0 Å². The van der Waals surface area contributed by atoms with Crippen molar-refractivity contribution >= 4 is 5.97 Å². The summed E-state index contributed by atoms with van der Waals surface area (Å²) in [5, 5.41) is 9.51. The van der Waals surface area contributed by atoms with Gasteiger partial charge in [-0.05, 0) is 31.2 Å². The molecule has 0 saturated heterocycles. The average molecular weight is 243 g/mol. The Labute approximate surface area is 107 Å². The van der Waals surface area contributed by atoms with Crippen LogP contribution in [0.15, 0.2) is 30.3 Å². The van der Waals surface area contributed by atoms with Gasteiger partial charge in [0, 0.05) is 6.92 Å². The lowest BCUT2D eigenvalue weighted by molar-refractivity contribution is -0.148. The van der Waals surface area contributed by atoms with Crippen molar-refractivity contribution in [3.63, 3.8) is 0 Å². The van der Waals surface area contributed by atoms with E-state index in [1.165, 1.54) is 6.92 Å². The Hall–Kier alpha value is -1.82. The summed E-state index contributed by atoms with van der Waals surface area (Å²) in [5.41, 5.74) is 0.673. The molecule has 0 aliphatic heterocycles. The highest BCUT2D eigenvalue weighted by Gasteiger charge is 2.37. The number of nitrogens with zero attached hydrogens (tertiary/aromatic N) is 1. The highest BCUT2D eigenvalue weighted by molar-refractivity contribution is 5.66. The Balaban J connectivity index is 2.10. The molecular weight excluding hydrogens is 226 g/mol. The van der Waals surface area contributed by atoms with Crippen LogP contribution in [0.25, 0.3) is 0 Å². The largest absolute Gasteiger partial charge is 0.463 e. The molecule has 94 valence electrons. The van der Waals surface area contributed by atoms with Gasteiger partial charge in [0.2, 0.25) is 0 Å². The monoisotopic (exact) mass is 243 g/mol. The molecule has 0 aromatic heterocycles. The fourth-order valence-corrected chi connectivity index (χ4v) is 2.66. The standard InChI is InChI=1S/C15H17NO2/c1-12(17)18-14-7-9-15(11-16,10-8-14)13-5-3-2-4-6-13/h2-6,14H,7-10H2,1H3/t14-,15+. The zero-order valence-corrected chi connectivity index (χ0v) is 10.6. The molecule has 1 aromatic carbocycles. The summed E-state index contributed by atoms with van der Waals surface area (Å²) in [6.45, 7) is 1.43. The van der Waals surface area contributed by atoms with E-state index in [2.05, 4.69) is 6.07 Å². The van der Waals surface area contributed by atoms with Crippen molar-refractivity contribution in [1.82, 2.24) is 0 Å². The van der Waals surface area contributed by atoms with E-state index in [-0.39, 0.29) is 12.1 Å². The summed E-state index contributed by atoms with van der Waals surface area (Å²) < 4.78 is 5.22. The van der Waals surface area contributed by atoms with Crippen LogP contribution < -0.4 is 0 Å². The lowest BCUT2D eigenvalue weighted by Crippen LogP contribution is -2.34. The van der Waals surface area contributed by atoms with Gasteiger partial charge in [-0.2, -0.15) is 5.26 Å². The number of ether oxygens (including phenoxy) is 1. The Morgan fingerprint density at radius 1 is 1.33 bits per heavy atom. The number of esters is 1. The van der Waals surface area contributed by atoms with Crippen LogP contribution in [0.3, 0.4) is 0 Å². The highest BCUT2D eigenvalue weighted by atomic mass is 16.5. The summed E-state index contributed by atoms with van der Waals surface area (Å²) in [6.07, 6.45) is 3.02. The minimum absolute atomic E-state index is 0.0207. The molecule has 0 amide bonds. The van der Waals surface area contributed by atoms with Crippen LogP contribution in [0, 0.1) is 11.3 Å². The normalized spacial score (nSPS) is 27.2. The van der Waals surface area contributed by atoms with E-state index in [0.717, 1.165) is 31.2 Å². The van der Waals surface area contributed by atoms with Gasteiger partial charge in [-0.3, -0.25) is 4.79 Å². The van der Waals surface area contributed by atoms with Crippen LogP contribution in [-0.2, 0) is 14.9 Å². The van der Waals surface area contributed by atoms with E-state index in [1.807, 2.05) is 30.3 Å². The molecule has 0 heterocycles. The first-order valence-electron chi connectivity index (χ1n) is 6.30. The van der Waals surface area contributed by atoms with Crippen LogP contribution in [-0.4, -0.2) is 12.1 Å². The lowest BCUT2D eigenvalue weighted by Gasteiger charge is -2.34. The number of carbonyl (C=O) groups is 1. The van der Waals surface area contributed by atoms with Gasteiger partial charge < -0.3 is 4.74 Å². The fourth-order valence-electron chi connectivity index (χ4n) is 2.66.